The van der Waals surface area contributed by atoms with Crippen molar-refractivity contribution in [2.45, 2.75) is 50.9 Å². The van der Waals surface area contributed by atoms with Crippen molar-refractivity contribution in [1.29, 1.82) is 0 Å². The van der Waals surface area contributed by atoms with Gasteiger partial charge in [-0.25, -0.2) is 0 Å². The highest BCUT2D eigenvalue weighted by Gasteiger charge is 2.52. The maximum Gasteiger partial charge on any atom is 0.252 e. The minimum Gasteiger partial charge on any atom is -0.458 e. The molecule has 1 spiro atoms. The lowest BCUT2D eigenvalue weighted by molar-refractivity contribution is 0.434. The average molecular weight is 696 g/mol. The maximum atomic E-state index is 7.07. The van der Waals surface area contributed by atoms with Crippen LogP contribution in [0.4, 0.5) is 17.1 Å². The molecule has 5 heterocycles. The summed E-state index contributed by atoms with van der Waals surface area (Å²) in [7, 11) is 0. The number of rotatable bonds is 2. The number of para-hydroxylation sites is 4. The van der Waals surface area contributed by atoms with Crippen molar-refractivity contribution in [3.63, 3.8) is 0 Å². The van der Waals surface area contributed by atoms with E-state index in [-0.39, 0.29) is 12.6 Å². The third kappa shape index (κ3) is 3.64. The first-order valence-electron chi connectivity index (χ1n) is 19.5. The van der Waals surface area contributed by atoms with Crippen LogP contribution in [0.1, 0.15) is 95.5 Å². The van der Waals surface area contributed by atoms with Crippen LogP contribution in [-0.4, -0.2) is 6.71 Å². The summed E-state index contributed by atoms with van der Waals surface area (Å²) in [5.74, 6) is 4.73. The third-order valence-electron chi connectivity index (χ3n) is 13.3. The zero-order chi connectivity index (χ0) is 36.0. The summed E-state index contributed by atoms with van der Waals surface area (Å²) in [6.07, 6.45) is 0. The molecule has 7 aromatic carbocycles. The fraction of sp³-hybridized carbons (Fsp3) is 0.160. The number of fused-ring (bicyclic) bond motifs is 8. The molecule has 2 unspecified atom stereocenters. The first-order chi connectivity index (χ1) is 26.4. The quantitative estimate of drug-likeness (QED) is 0.168. The molecule has 0 saturated carbocycles. The van der Waals surface area contributed by atoms with Gasteiger partial charge in [0.1, 0.15) is 23.0 Å². The second-order valence-electron chi connectivity index (χ2n) is 16.2. The van der Waals surface area contributed by atoms with Gasteiger partial charge in [0.15, 0.2) is 0 Å². The van der Waals surface area contributed by atoms with E-state index in [1.807, 2.05) is 0 Å². The molecule has 5 aliphatic heterocycles. The molecule has 258 valence electrons. The number of nitrogens with zero attached hydrogens (tertiary/aromatic N) is 1. The summed E-state index contributed by atoms with van der Waals surface area (Å²) in [6, 6.07) is 51.7. The van der Waals surface area contributed by atoms with Crippen molar-refractivity contribution in [3.8, 4) is 23.0 Å². The van der Waals surface area contributed by atoms with Gasteiger partial charge in [0.2, 0.25) is 0 Å². The van der Waals surface area contributed by atoms with Gasteiger partial charge >= 0.3 is 0 Å². The zero-order valence-corrected chi connectivity index (χ0v) is 30.9. The molecular formula is C50H38BNO2. The van der Waals surface area contributed by atoms with Gasteiger partial charge in [0.25, 0.3) is 6.71 Å². The number of ether oxygens (including phenoxy) is 2. The van der Waals surface area contributed by atoms with E-state index in [4.69, 9.17) is 9.47 Å². The first-order valence-corrected chi connectivity index (χ1v) is 19.5. The lowest BCUT2D eigenvalue weighted by Gasteiger charge is -2.49. The Balaban J connectivity index is 1.14. The molecule has 0 aliphatic carbocycles. The minimum atomic E-state index is -0.571. The monoisotopic (exact) mass is 695 g/mol. The third-order valence-corrected chi connectivity index (χ3v) is 13.3. The smallest absolute Gasteiger partial charge is 0.252 e. The Morgan fingerprint density at radius 3 is 1.63 bits per heavy atom. The predicted octanol–water partition coefficient (Wildman–Crippen LogP) is 10.6. The predicted molar refractivity (Wildman–Crippen MR) is 220 cm³/mol. The molecule has 2 atom stereocenters. The summed E-state index contributed by atoms with van der Waals surface area (Å²) < 4.78 is 13.7. The van der Waals surface area contributed by atoms with Gasteiger partial charge in [-0.15, -0.1) is 0 Å². The molecule has 7 aromatic rings. The lowest BCUT2D eigenvalue weighted by Crippen LogP contribution is -2.64. The van der Waals surface area contributed by atoms with Crippen LogP contribution in [0, 0.1) is 0 Å². The highest BCUT2D eigenvalue weighted by atomic mass is 16.5. The minimum absolute atomic E-state index is 0.169. The van der Waals surface area contributed by atoms with Crippen molar-refractivity contribution in [3.05, 3.63) is 190 Å². The summed E-state index contributed by atoms with van der Waals surface area (Å²) in [5.41, 5.74) is 19.0. The Kier molecular flexibility index (Phi) is 5.96. The average Bonchev–Trinajstić information content (AvgIpc) is 3.20. The number of hydrogen-bond donors (Lipinski definition) is 0. The Hall–Kier alpha value is -6.00. The van der Waals surface area contributed by atoms with Crippen LogP contribution in [0.5, 0.6) is 23.0 Å². The number of anilines is 3. The summed E-state index contributed by atoms with van der Waals surface area (Å²) in [4.78, 5) is 2.49. The summed E-state index contributed by atoms with van der Waals surface area (Å²) in [6.45, 7) is 9.62. The highest BCUT2D eigenvalue weighted by Crippen LogP contribution is 2.63. The molecule has 0 bridgehead atoms. The molecule has 0 aromatic heterocycles. The van der Waals surface area contributed by atoms with Gasteiger partial charge < -0.3 is 14.4 Å². The Labute approximate surface area is 316 Å². The number of benzene rings is 7. The fourth-order valence-corrected chi connectivity index (χ4v) is 10.9. The molecule has 12 rings (SSSR count). The van der Waals surface area contributed by atoms with E-state index in [1.54, 1.807) is 0 Å². The molecule has 0 saturated heterocycles. The molecule has 0 fully saturated rings. The SMILES string of the molecule is CC(C)c1cc2c3c(c1)C(C)c1cc(N4c5ccccc5C5(c6ccccc6Oc6ccccc65)c5ccccc54)cc4c1B3c1c(cccc1C2C)O4. The summed E-state index contributed by atoms with van der Waals surface area (Å²) >= 11 is 0. The van der Waals surface area contributed by atoms with Gasteiger partial charge in [-0.05, 0) is 92.2 Å². The molecule has 0 radical (unpaired) electrons. The maximum absolute atomic E-state index is 7.07. The second kappa shape index (κ2) is 10.6. The van der Waals surface area contributed by atoms with Gasteiger partial charge in [-0.3, -0.25) is 0 Å². The van der Waals surface area contributed by atoms with E-state index in [0.29, 0.717) is 11.8 Å². The van der Waals surface area contributed by atoms with E-state index in [9.17, 15) is 0 Å². The lowest BCUT2D eigenvalue weighted by atomic mass is 9.28. The van der Waals surface area contributed by atoms with Gasteiger partial charge in [-0.1, -0.05) is 130 Å². The van der Waals surface area contributed by atoms with Crippen LogP contribution in [0.2, 0.25) is 0 Å². The van der Waals surface area contributed by atoms with Crippen molar-refractivity contribution < 1.29 is 9.47 Å². The Bertz CT molecular complexity index is 2690. The Morgan fingerprint density at radius 1 is 0.500 bits per heavy atom. The van der Waals surface area contributed by atoms with Crippen molar-refractivity contribution in [2.75, 3.05) is 4.90 Å². The molecule has 4 heteroatoms. The van der Waals surface area contributed by atoms with Crippen LogP contribution in [0.25, 0.3) is 0 Å². The summed E-state index contributed by atoms with van der Waals surface area (Å²) in [5, 5.41) is 0. The van der Waals surface area contributed by atoms with Crippen LogP contribution in [0.3, 0.4) is 0 Å². The molecule has 0 N–H and O–H groups in total. The van der Waals surface area contributed by atoms with Crippen LogP contribution >= 0.6 is 0 Å². The van der Waals surface area contributed by atoms with Crippen molar-refractivity contribution in [1.82, 2.24) is 0 Å². The van der Waals surface area contributed by atoms with Crippen LogP contribution in [0.15, 0.2) is 140 Å². The highest BCUT2D eigenvalue weighted by molar-refractivity contribution is 6.98. The second-order valence-corrected chi connectivity index (χ2v) is 16.2. The van der Waals surface area contributed by atoms with Gasteiger partial charge in [0, 0.05) is 29.0 Å². The van der Waals surface area contributed by atoms with Crippen LogP contribution in [-0.2, 0) is 5.41 Å². The fourth-order valence-electron chi connectivity index (χ4n) is 10.9. The topological polar surface area (TPSA) is 21.7 Å². The van der Waals surface area contributed by atoms with Crippen molar-refractivity contribution in [2.24, 2.45) is 0 Å². The Morgan fingerprint density at radius 2 is 1.00 bits per heavy atom. The normalized spacial score (nSPS) is 18.2. The van der Waals surface area contributed by atoms with E-state index >= 15 is 0 Å². The van der Waals surface area contributed by atoms with E-state index in [1.165, 1.54) is 55.3 Å². The van der Waals surface area contributed by atoms with E-state index < -0.39 is 5.41 Å². The molecule has 5 aliphatic rings. The zero-order valence-electron chi connectivity index (χ0n) is 30.9. The molecule has 54 heavy (non-hydrogen) atoms. The van der Waals surface area contributed by atoms with E-state index in [0.717, 1.165) is 51.2 Å². The van der Waals surface area contributed by atoms with Gasteiger partial charge in [0.05, 0.1) is 22.5 Å². The largest absolute Gasteiger partial charge is 0.458 e. The molecule has 0 amide bonds. The van der Waals surface area contributed by atoms with E-state index in [2.05, 4.69) is 172 Å². The van der Waals surface area contributed by atoms with Crippen molar-refractivity contribution >= 4 is 40.2 Å². The van der Waals surface area contributed by atoms with Gasteiger partial charge in [-0.2, -0.15) is 0 Å². The first kappa shape index (κ1) is 30.5. The molecular weight excluding hydrogens is 657 g/mol. The molecule has 3 nitrogen and oxygen atoms in total. The number of hydrogen-bond acceptors (Lipinski definition) is 3. The van der Waals surface area contributed by atoms with Crippen LogP contribution < -0.4 is 30.8 Å². The standard InChI is InChI=1S/C50H38BNO2/c1-28(2)31-24-34-29(3)33-14-13-23-45-48(33)51-47(34)35(25-31)30(4)36-26-32(27-46(54-45)49(36)51)52-41-19-9-5-15-37(41)50(38-16-6-10-20-42(38)52)39-17-7-11-21-43(39)53-44-22-12-8-18-40(44)50/h5-30H,1-4H3.